The smallest absolute Gasteiger partial charge is 0.280 e. The first-order valence-corrected chi connectivity index (χ1v) is 14.9. The molecule has 7 atom stereocenters. The quantitative estimate of drug-likeness (QED) is 0.127. The number of nitrogens with one attached hydrogen (secondary N) is 1. The van der Waals surface area contributed by atoms with Crippen molar-refractivity contribution in [3.05, 3.63) is 35.3 Å². The van der Waals surface area contributed by atoms with E-state index in [1.807, 2.05) is 0 Å². The summed E-state index contributed by atoms with van der Waals surface area (Å²) < 4.78 is 34.7. The summed E-state index contributed by atoms with van der Waals surface area (Å²) in [6.07, 6.45) is 0.871. The number of aliphatic hydroxyl groups excluding tert-OH is 2. The van der Waals surface area contributed by atoms with Gasteiger partial charge >= 0.3 is 0 Å². The van der Waals surface area contributed by atoms with Crippen molar-refractivity contribution >= 4 is 52.8 Å². The van der Waals surface area contributed by atoms with E-state index >= 15 is 0 Å². The lowest BCUT2D eigenvalue weighted by Crippen LogP contribution is -2.27. The van der Waals surface area contributed by atoms with Gasteiger partial charge in [-0.25, -0.2) is 15.0 Å². The molecule has 0 saturated carbocycles. The van der Waals surface area contributed by atoms with Gasteiger partial charge in [0.25, 0.3) is 12.1 Å². The molecule has 16 nitrogen and oxygen atoms in total. The Morgan fingerprint density at radius 1 is 1.21 bits per heavy atom. The minimum absolute atomic E-state index is 0.0204. The second kappa shape index (κ2) is 9.85. The number of H-pyrrole nitrogens is 1. The number of fused-ring (bicyclic) bond motifs is 2. The van der Waals surface area contributed by atoms with Crippen molar-refractivity contribution in [3.8, 4) is 0 Å². The van der Waals surface area contributed by atoms with Crippen molar-refractivity contribution < 1.29 is 28.8 Å². The minimum Gasteiger partial charge on any atom is -0.394 e. The number of rotatable bonds is 7. The van der Waals surface area contributed by atoms with Crippen molar-refractivity contribution in [2.24, 2.45) is 0 Å². The van der Waals surface area contributed by atoms with Crippen molar-refractivity contribution in [1.29, 1.82) is 0 Å². The number of nitrogens with two attached hydrogens (primary N) is 2. The largest absolute Gasteiger partial charge is 0.394 e. The molecule has 2 fully saturated rings. The summed E-state index contributed by atoms with van der Waals surface area (Å²) in [6.45, 7) is -4.33. The minimum atomic E-state index is -3.76. The third kappa shape index (κ3) is 4.59. The predicted octanol–water partition coefficient (Wildman–Crippen LogP) is 0.165. The van der Waals surface area contributed by atoms with Gasteiger partial charge in [-0.15, -0.1) is 0 Å². The van der Waals surface area contributed by atoms with E-state index in [1.165, 1.54) is 17.2 Å². The van der Waals surface area contributed by atoms with Crippen LogP contribution in [0.2, 0.25) is 0 Å². The molecule has 2 aliphatic rings. The zero-order valence-corrected chi connectivity index (χ0v) is 22.1. The van der Waals surface area contributed by atoms with E-state index in [0.717, 1.165) is 0 Å². The van der Waals surface area contributed by atoms with Crippen LogP contribution in [0.3, 0.4) is 0 Å². The van der Waals surface area contributed by atoms with Crippen LogP contribution in [-0.2, 0) is 18.6 Å². The maximum Gasteiger partial charge on any atom is 0.280 e. The lowest BCUT2D eigenvalue weighted by Gasteiger charge is -2.26. The van der Waals surface area contributed by atoms with Crippen molar-refractivity contribution in [2.45, 2.75) is 49.3 Å². The van der Waals surface area contributed by atoms with Gasteiger partial charge in [0.15, 0.2) is 11.2 Å². The van der Waals surface area contributed by atoms with Crippen LogP contribution in [0, 0.1) is 0 Å². The maximum absolute atomic E-state index is 13.8. The average molecular weight is 580 g/mol. The molecule has 208 valence electrons. The molecule has 0 aliphatic carbocycles. The Balaban J connectivity index is 1.20. The van der Waals surface area contributed by atoms with E-state index < -0.39 is 48.6 Å². The third-order valence-corrected chi connectivity index (χ3v) is 10.1. The van der Waals surface area contributed by atoms with Crippen LogP contribution in [0.25, 0.3) is 22.2 Å². The molecule has 6 heterocycles. The molecule has 0 bridgehead atoms. The first-order chi connectivity index (χ1) is 18.7. The van der Waals surface area contributed by atoms with Crippen LogP contribution in [0.15, 0.2) is 29.7 Å². The zero-order valence-electron chi connectivity index (χ0n) is 20.3. The van der Waals surface area contributed by atoms with E-state index in [0.29, 0.717) is 16.9 Å². The number of aromatic amines is 1. The molecule has 6 rings (SSSR count). The molecule has 0 amide bonds. The summed E-state index contributed by atoms with van der Waals surface area (Å²) in [4.78, 5) is 31.1. The fourth-order valence-corrected chi connectivity index (χ4v) is 7.47. The van der Waals surface area contributed by atoms with Crippen molar-refractivity contribution in [1.82, 2.24) is 34.1 Å². The van der Waals surface area contributed by atoms with Gasteiger partial charge in [-0.05, 0) is 12.5 Å². The van der Waals surface area contributed by atoms with Crippen molar-refractivity contribution in [2.75, 3.05) is 24.7 Å². The van der Waals surface area contributed by atoms with Crippen molar-refractivity contribution in [3.63, 3.8) is 0 Å². The van der Waals surface area contributed by atoms with E-state index in [9.17, 15) is 19.6 Å². The number of thiol groups is 1. The molecular weight excluding hydrogens is 553 g/mol. The fraction of sp³-hybridized carbons (Fsp3) is 0.476. The monoisotopic (exact) mass is 579 g/mol. The summed E-state index contributed by atoms with van der Waals surface area (Å²) in [5.74, 6) is 0.204. The zero-order chi connectivity index (χ0) is 27.5. The second-order valence-corrected chi connectivity index (χ2v) is 13.1. The van der Waals surface area contributed by atoms with Gasteiger partial charge in [-0.3, -0.25) is 18.9 Å². The third-order valence-electron chi connectivity index (χ3n) is 6.99. The average Bonchev–Trinajstić information content (AvgIpc) is 3.67. The maximum atomic E-state index is 13.8. The number of nitrogens with zero attached hydrogens (tertiary/aromatic N) is 6. The highest BCUT2D eigenvalue weighted by Gasteiger charge is 2.48. The van der Waals surface area contributed by atoms with Gasteiger partial charge in [0.1, 0.15) is 36.4 Å². The number of aliphatic hydroxyl groups is 2. The summed E-state index contributed by atoms with van der Waals surface area (Å²) in [6, 6.07) is 1.76. The van der Waals surface area contributed by atoms with Gasteiger partial charge in [0.2, 0.25) is 5.95 Å². The first-order valence-electron chi connectivity index (χ1n) is 12.0. The number of nitrogen functional groups attached to an aromatic ring is 2. The number of anilines is 2. The molecule has 0 spiro atoms. The summed E-state index contributed by atoms with van der Waals surface area (Å²) in [7, 11) is 0. The molecule has 0 unspecified atom stereocenters. The summed E-state index contributed by atoms with van der Waals surface area (Å²) in [5.41, 5.74) is 10.9. The number of aromatic nitrogens is 7. The van der Waals surface area contributed by atoms with Crippen LogP contribution >= 0.6 is 18.8 Å². The molecule has 2 aliphatic heterocycles. The summed E-state index contributed by atoms with van der Waals surface area (Å²) >= 11 is 4.38. The molecule has 7 N–H and O–H groups in total. The van der Waals surface area contributed by atoms with Crippen LogP contribution < -0.4 is 17.0 Å². The number of hydrogen-bond acceptors (Lipinski definition) is 13. The number of imidazole rings is 1. The Morgan fingerprint density at radius 2 is 2.03 bits per heavy atom. The highest BCUT2D eigenvalue weighted by Crippen LogP contribution is 2.63. The SMILES string of the molecule is Nc1nc2c(ncn2[C@@H]2O[C@H](CO)C[C@H]2[P@](=O)(S)OC[C@H]2O[C@@H](n3ccc4c(N)ncnc43)C[C@@H]2O)c(=O)[nH]1. The molecule has 18 heteroatoms. The highest BCUT2D eigenvalue weighted by atomic mass is 32.7. The van der Waals surface area contributed by atoms with E-state index in [4.69, 9.17) is 25.5 Å². The molecule has 0 aromatic carbocycles. The summed E-state index contributed by atoms with van der Waals surface area (Å²) in [5, 5.41) is 21.1. The van der Waals surface area contributed by atoms with E-state index in [-0.39, 0.29) is 43.2 Å². The van der Waals surface area contributed by atoms with Gasteiger partial charge < -0.3 is 40.2 Å². The normalized spacial score (nSPS) is 28.9. The lowest BCUT2D eigenvalue weighted by atomic mass is 10.2. The van der Waals surface area contributed by atoms with Crippen LogP contribution in [0.4, 0.5) is 11.8 Å². The first kappa shape index (κ1) is 26.2. The Hall–Kier alpha value is -3.05. The standard InChI is InChI=1S/C21H26N9O7PS/c22-16-10-1-2-29(17(10)25-7-24-16)14-4-11(32)12(37-14)6-35-38(34,39)13-3-9(5-31)36-20(13)30-8-26-15-18(30)27-21(23)28-19(15)33/h1-2,7-9,11-14,20,31-32H,3-6H2,(H,34,39)(H2,22,24,25)(H3,23,27,28,33)/t9-,11-,12+,13+,14+,20+,38+/m0/s1. The molecule has 0 radical (unpaired) electrons. The van der Waals surface area contributed by atoms with Crippen LogP contribution in [0.5, 0.6) is 0 Å². The Kier molecular flexibility index (Phi) is 6.61. The molecule has 39 heavy (non-hydrogen) atoms. The topological polar surface area (TPSA) is 232 Å². The molecule has 2 saturated heterocycles. The Morgan fingerprint density at radius 3 is 2.82 bits per heavy atom. The van der Waals surface area contributed by atoms with E-state index in [1.54, 1.807) is 16.8 Å². The van der Waals surface area contributed by atoms with Gasteiger partial charge in [0.05, 0.1) is 42.8 Å². The Bertz CT molecular complexity index is 1640. The second-order valence-electron chi connectivity index (χ2n) is 9.42. The highest BCUT2D eigenvalue weighted by molar-refractivity contribution is 8.46. The van der Waals surface area contributed by atoms with Gasteiger partial charge in [-0.1, -0.05) is 12.2 Å². The van der Waals surface area contributed by atoms with Crippen LogP contribution in [0.1, 0.15) is 25.3 Å². The number of hydrogen-bond donors (Lipinski definition) is 6. The molecule has 4 aromatic heterocycles. The number of ether oxygens (including phenoxy) is 2. The Labute approximate surface area is 224 Å². The molecular formula is C21H26N9O7PS. The fourth-order valence-electron chi connectivity index (χ4n) is 5.06. The van der Waals surface area contributed by atoms with Crippen LogP contribution in [-0.4, -0.2) is 81.5 Å². The van der Waals surface area contributed by atoms with E-state index in [2.05, 4.69) is 37.2 Å². The van der Waals surface area contributed by atoms with Gasteiger partial charge in [0, 0.05) is 12.6 Å². The molecule has 4 aromatic rings. The lowest BCUT2D eigenvalue weighted by molar-refractivity contribution is -0.0383. The predicted molar refractivity (Wildman–Crippen MR) is 141 cm³/mol. The van der Waals surface area contributed by atoms with Gasteiger partial charge in [-0.2, -0.15) is 4.98 Å².